The summed E-state index contributed by atoms with van der Waals surface area (Å²) in [5, 5.41) is 2.20. The molecule has 1 aromatic heterocycles. The van der Waals surface area contributed by atoms with E-state index in [1.807, 2.05) is 11.3 Å². The highest BCUT2D eigenvalue weighted by molar-refractivity contribution is 7.09. The fourth-order valence-electron chi connectivity index (χ4n) is 4.50. The zero-order valence-corrected chi connectivity index (χ0v) is 12.9. The standard InChI is InChI=1S/C16H25N3S/c17-12-16(7-9-18-8-1-4-15(16)18)19(13-5-6-13)11-14-3-2-10-20-14/h2-3,10,13,15H,1,4-9,11-12,17H2. The van der Waals surface area contributed by atoms with Crippen molar-refractivity contribution in [3.05, 3.63) is 22.4 Å². The third-order valence-electron chi connectivity index (χ3n) is 5.64. The van der Waals surface area contributed by atoms with Crippen LogP contribution in [0.1, 0.15) is 37.0 Å². The molecule has 0 radical (unpaired) electrons. The number of nitrogens with zero attached hydrogens (tertiary/aromatic N) is 2. The van der Waals surface area contributed by atoms with Crippen LogP contribution in [0.15, 0.2) is 17.5 Å². The molecule has 1 aromatic rings. The molecule has 0 amide bonds. The van der Waals surface area contributed by atoms with Crippen LogP contribution in [0.4, 0.5) is 0 Å². The molecule has 110 valence electrons. The summed E-state index contributed by atoms with van der Waals surface area (Å²) < 4.78 is 0. The second kappa shape index (κ2) is 5.09. The van der Waals surface area contributed by atoms with Crippen LogP contribution in [0.25, 0.3) is 0 Å². The minimum Gasteiger partial charge on any atom is -0.329 e. The molecule has 4 rings (SSSR count). The number of hydrogen-bond donors (Lipinski definition) is 1. The Morgan fingerprint density at radius 2 is 2.25 bits per heavy atom. The molecule has 2 unspecified atom stereocenters. The molecule has 20 heavy (non-hydrogen) atoms. The maximum atomic E-state index is 6.36. The van der Waals surface area contributed by atoms with Crippen LogP contribution in [0.5, 0.6) is 0 Å². The van der Waals surface area contributed by atoms with Gasteiger partial charge in [0.1, 0.15) is 0 Å². The van der Waals surface area contributed by atoms with E-state index in [4.69, 9.17) is 5.73 Å². The van der Waals surface area contributed by atoms with E-state index in [1.165, 1.54) is 50.1 Å². The van der Waals surface area contributed by atoms with E-state index in [0.717, 1.165) is 19.1 Å². The third kappa shape index (κ3) is 2.05. The third-order valence-corrected chi connectivity index (χ3v) is 6.50. The van der Waals surface area contributed by atoms with E-state index in [2.05, 4.69) is 27.3 Å². The highest BCUT2D eigenvalue weighted by Gasteiger charge is 2.54. The van der Waals surface area contributed by atoms with Crippen LogP contribution >= 0.6 is 11.3 Å². The molecule has 0 spiro atoms. The summed E-state index contributed by atoms with van der Waals surface area (Å²) in [5.74, 6) is 0. The molecule has 2 atom stereocenters. The van der Waals surface area contributed by atoms with Gasteiger partial charge in [-0.2, -0.15) is 0 Å². The van der Waals surface area contributed by atoms with Gasteiger partial charge in [0.25, 0.3) is 0 Å². The molecule has 3 fully saturated rings. The average Bonchev–Trinajstić information content (AvgIpc) is 2.91. The van der Waals surface area contributed by atoms with Crippen molar-refractivity contribution in [3.8, 4) is 0 Å². The monoisotopic (exact) mass is 291 g/mol. The molecule has 1 saturated carbocycles. The lowest BCUT2D eigenvalue weighted by molar-refractivity contribution is 0.0506. The summed E-state index contributed by atoms with van der Waals surface area (Å²) in [7, 11) is 0. The zero-order valence-electron chi connectivity index (χ0n) is 12.1. The molecule has 1 aliphatic carbocycles. The van der Waals surface area contributed by atoms with E-state index in [9.17, 15) is 0 Å². The first-order valence-corrected chi connectivity index (χ1v) is 8.95. The van der Waals surface area contributed by atoms with Gasteiger partial charge in [-0.1, -0.05) is 6.07 Å². The van der Waals surface area contributed by atoms with Crippen LogP contribution in [-0.4, -0.2) is 47.1 Å². The van der Waals surface area contributed by atoms with Gasteiger partial charge in [0.2, 0.25) is 0 Å². The van der Waals surface area contributed by atoms with Gasteiger partial charge in [0.15, 0.2) is 0 Å². The van der Waals surface area contributed by atoms with Crippen LogP contribution in [0.2, 0.25) is 0 Å². The van der Waals surface area contributed by atoms with Crippen LogP contribution in [0.3, 0.4) is 0 Å². The van der Waals surface area contributed by atoms with E-state index in [1.54, 1.807) is 0 Å². The Balaban J connectivity index is 1.63. The van der Waals surface area contributed by atoms with Gasteiger partial charge in [0, 0.05) is 36.6 Å². The fraction of sp³-hybridized carbons (Fsp3) is 0.750. The predicted molar refractivity (Wildman–Crippen MR) is 83.9 cm³/mol. The molecule has 3 aliphatic rings. The lowest BCUT2D eigenvalue weighted by Gasteiger charge is -2.45. The van der Waals surface area contributed by atoms with E-state index < -0.39 is 0 Å². The molecular weight excluding hydrogens is 266 g/mol. The van der Waals surface area contributed by atoms with Crippen molar-refractivity contribution < 1.29 is 0 Å². The molecule has 2 saturated heterocycles. The van der Waals surface area contributed by atoms with Gasteiger partial charge < -0.3 is 5.73 Å². The first kappa shape index (κ1) is 13.3. The van der Waals surface area contributed by atoms with Gasteiger partial charge in [0.05, 0.1) is 5.54 Å². The van der Waals surface area contributed by atoms with E-state index in [0.29, 0.717) is 6.04 Å². The molecule has 2 N–H and O–H groups in total. The van der Waals surface area contributed by atoms with Crippen molar-refractivity contribution in [2.45, 2.75) is 56.3 Å². The van der Waals surface area contributed by atoms with Crippen molar-refractivity contribution in [1.29, 1.82) is 0 Å². The van der Waals surface area contributed by atoms with Crippen molar-refractivity contribution in [2.24, 2.45) is 5.73 Å². The molecule has 3 nitrogen and oxygen atoms in total. The lowest BCUT2D eigenvalue weighted by Crippen LogP contribution is -2.60. The van der Waals surface area contributed by atoms with E-state index in [-0.39, 0.29) is 5.54 Å². The highest BCUT2D eigenvalue weighted by atomic mass is 32.1. The number of rotatable bonds is 5. The normalized spacial score (nSPS) is 34.0. The summed E-state index contributed by atoms with van der Waals surface area (Å²) in [6.45, 7) is 4.50. The second-order valence-electron chi connectivity index (χ2n) is 6.69. The summed E-state index contributed by atoms with van der Waals surface area (Å²) in [4.78, 5) is 7.01. The Morgan fingerprint density at radius 1 is 1.35 bits per heavy atom. The van der Waals surface area contributed by atoms with Crippen LogP contribution in [0, 0.1) is 0 Å². The maximum Gasteiger partial charge on any atom is 0.0505 e. The molecule has 0 aromatic carbocycles. The molecular formula is C16H25N3S. The van der Waals surface area contributed by atoms with Gasteiger partial charge in [-0.3, -0.25) is 9.80 Å². The largest absolute Gasteiger partial charge is 0.329 e. The zero-order chi connectivity index (χ0) is 13.6. The minimum atomic E-state index is 0.252. The summed E-state index contributed by atoms with van der Waals surface area (Å²) in [6, 6.07) is 5.97. The Bertz CT molecular complexity index is 456. The van der Waals surface area contributed by atoms with Crippen molar-refractivity contribution >= 4 is 11.3 Å². The minimum absolute atomic E-state index is 0.252. The van der Waals surface area contributed by atoms with Gasteiger partial charge in [-0.05, 0) is 50.1 Å². The summed E-state index contributed by atoms with van der Waals surface area (Å²) >= 11 is 1.89. The molecule has 2 aliphatic heterocycles. The lowest BCUT2D eigenvalue weighted by atomic mass is 9.86. The highest BCUT2D eigenvalue weighted by Crippen LogP contribution is 2.45. The van der Waals surface area contributed by atoms with Gasteiger partial charge >= 0.3 is 0 Å². The second-order valence-corrected chi connectivity index (χ2v) is 7.72. The quantitative estimate of drug-likeness (QED) is 0.903. The Morgan fingerprint density at radius 3 is 2.95 bits per heavy atom. The molecule has 3 heterocycles. The molecule has 4 heteroatoms. The number of fused-ring (bicyclic) bond motifs is 1. The topological polar surface area (TPSA) is 32.5 Å². The van der Waals surface area contributed by atoms with Gasteiger partial charge in [-0.25, -0.2) is 0 Å². The SMILES string of the molecule is NCC1(N(Cc2cccs2)C2CC2)CCN2CCCC21. The first-order chi connectivity index (χ1) is 9.83. The number of hydrogen-bond acceptors (Lipinski definition) is 4. The van der Waals surface area contributed by atoms with Crippen molar-refractivity contribution in [1.82, 2.24) is 9.80 Å². The average molecular weight is 291 g/mol. The first-order valence-electron chi connectivity index (χ1n) is 8.07. The summed E-state index contributed by atoms with van der Waals surface area (Å²) in [6.07, 6.45) is 6.74. The Labute approximate surface area is 125 Å². The van der Waals surface area contributed by atoms with Gasteiger partial charge in [-0.15, -0.1) is 11.3 Å². The maximum absolute atomic E-state index is 6.36. The van der Waals surface area contributed by atoms with E-state index >= 15 is 0 Å². The Hall–Kier alpha value is -0.420. The van der Waals surface area contributed by atoms with Crippen LogP contribution in [-0.2, 0) is 6.54 Å². The molecule has 0 bridgehead atoms. The Kier molecular flexibility index (Phi) is 3.38. The predicted octanol–water partition coefficient (Wildman–Crippen LogP) is 2.28. The summed E-state index contributed by atoms with van der Waals surface area (Å²) in [5.41, 5.74) is 6.61. The van der Waals surface area contributed by atoms with Crippen molar-refractivity contribution in [3.63, 3.8) is 0 Å². The smallest absolute Gasteiger partial charge is 0.0505 e. The van der Waals surface area contributed by atoms with Crippen LogP contribution < -0.4 is 5.73 Å². The number of nitrogens with two attached hydrogens (primary N) is 1. The fourth-order valence-corrected chi connectivity index (χ4v) is 5.21. The van der Waals surface area contributed by atoms with Crippen molar-refractivity contribution in [2.75, 3.05) is 19.6 Å². The number of thiophene rings is 1.